The van der Waals surface area contributed by atoms with Crippen LogP contribution in [0.4, 0.5) is 5.69 Å². The summed E-state index contributed by atoms with van der Waals surface area (Å²) in [6.45, 7) is 1.21. The lowest BCUT2D eigenvalue weighted by Crippen LogP contribution is -2.30. The minimum absolute atomic E-state index is 0.0172. The van der Waals surface area contributed by atoms with Crippen molar-refractivity contribution < 1.29 is 23.5 Å². The van der Waals surface area contributed by atoms with Gasteiger partial charge in [0.05, 0.1) is 27.7 Å². The van der Waals surface area contributed by atoms with E-state index in [-0.39, 0.29) is 33.5 Å². The highest BCUT2D eigenvalue weighted by molar-refractivity contribution is 6.36. The van der Waals surface area contributed by atoms with Crippen molar-refractivity contribution >= 4 is 46.0 Å². The smallest absolute Gasteiger partial charge is 0.347 e. The average molecular weight is 461 g/mol. The van der Waals surface area contributed by atoms with E-state index in [9.17, 15) is 19.2 Å². The molecule has 0 aliphatic carbocycles. The van der Waals surface area contributed by atoms with E-state index in [0.717, 1.165) is 4.90 Å². The second-order valence-electron chi connectivity index (χ2n) is 7.24. The molecule has 9 heteroatoms. The average Bonchev–Trinajstić information content (AvgIpc) is 3.04. The molecule has 1 aliphatic rings. The van der Waals surface area contributed by atoms with Crippen molar-refractivity contribution in [3.63, 3.8) is 0 Å². The number of aromatic nitrogens is 1. The van der Waals surface area contributed by atoms with Crippen LogP contribution in [0.15, 0.2) is 69.9 Å². The zero-order valence-electron chi connectivity index (χ0n) is 17.0. The van der Waals surface area contributed by atoms with Gasteiger partial charge in [-0.25, -0.2) is 14.7 Å². The van der Waals surface area contributed by atoms with Crippen LogP contribution in [0.3, 0.4) is 0 Å². The lowest BCUT2D eigenvalue weighted by atomic mass is 10.1. The summed E-state index contributed by atoms with van der Waals surface area (Å²) in [6, 6.07) is 15.4. The quantitative estimate of drug-likeness (QED) is 0.256. The Morgan fingerprint density at radius 3 is 2.52 bits per heavy atom. The van der Waals surface area contributed by atoms with Crippen LogP contribution in [0.2, 0.25) is 5.02 Å². The Hall–Kier alpha value is -4.30. The summed E-state index contributed by atoms with van der Waals surface area (Å²) in [5, 5.41) is 0.582. The first kappa shape index (κ1) is 20.6. The van der Waals surface area contributed by atoms with Gasteiger partial charge >= 0.3 is 11.6 Å². The first-order valence-corrected chi connectivity index (χ1v) is 10.1. The van der Waals surface area contributed by atoms with E-state index >= 15 is 0 Å². The van der Waals surface area contributed by atoms with E-state index in [0.29, 0.717) is 16.5 Å². The van der Waals surface area contributed by atoms with Crippen LogP contribution in [0.5, 0.6) is 5.75 Å². The molecule has 0 saturated carbocycles. The van der Waals surface area contributed by atoms with Gasteiger partial charge in [0.15, 0.2) is 5.75 Å². The number of carbonyl (C=O) groups is 3. The number of carbonyl (C=O) groups excluding carboxylic acids is 3. The molecule has 162 valence electrons. The summed E-state index contributed by atoms with van der Waals surface area (Å²) < 4.78 is 10.5. The summed E-state index contributed by atoms with van der Waals surface area (Å²) in [5.74, 6) is -1.83. The Balaban J connectivity index is 1.60. The molecule has 1 aromatic heterocycles. The molecule has 4 aromatic rings. The Morgan fingerprint density at radius 1 is 0.970 bits per heavy atom. The third kappa shape index (κ3) is 3.46. The van der Waals surface area contributed by atoms with E-state index in [1.807, 2.05) is 0 Å². The summed E-state index contributed by atoms with van der Waals surface area (Å²) in [6.07, 6.45) is 0. The van der Waals surface area contributed by atoms with Gasteiger partial charge in [0.25, 0.3) is 11.8 Å². The molecule has 2 amide bonds. The number of ether oxygens (including phenoxy) is 1. The van der Waals surface area contributed by atoms with Gasteiger partial charge in [-0.15, -0.1) is 0 Å². The molecule has 0 fully saturated rings. The van der Waals surface area contributed by atoms with E-state index in [1.165, 1.54) is 37.3 Å². The Kier molecular flexibility index (Phi) is 4.79. The SMILES string of the molecule is CC(=O)Oc1ccc(Cl)cc1N1C(=O)c2ccc(-c3nc4ccccc4c(=O)o3)cc2C1=O. The lowest BCUT2D eigenvalue weighted by Gasteiger charge is -2.17. The molecule has 2 heterocycles. The maximum absolute atomic E-state index is 13.2. The zero-order valence-corrected chi connectivity index (χ0v) is 17.8. The van der Waals surface area contributed by atoms with Gasteiger partial charge in [0.2, 0.25) is 5.89 Å². The molecule has 5 rings (SSSR count). The number of nitrogens with zero attached hydrogens (tertiary/aromatic N) is 2. The number of rotatable bonds is 3. The first-order valence-electron chi connectivity index (χ1n) is 9.74. The van der Waals surface area contributed by atoms with Gasteiger partial charge in [-0.05, 0) is 48.5 Å². The number of hydrogen-bond acceptors (Lipinski definition) is 7. The molecule has 0 spiro atoms. The maximum Gasteiger partial charge on any atom is 0.347 e. The Bertz CT molecular complexity index is 1560. The van der Waals surface area contributed by atoms with Crippen molar-refractivity contribution in [2.24, 2.45) is 0 Å². The van der Waals surface area contributed by atoms with Crippen LogP contribution in [0, 0.1) is 0 Å². The Labute approximate surface area is 191 Å². The fourth-order valence-corrected chi connectivity index (χ4v) is 3.81. The maximum atomic E-state index is 13.2. The van der Waals surface area contributed by atoms with Crippen LogP contribution >= 0.6 is 11.6 Å². The predicted octanol–water partition coefficient (Wildman–Crippen LogP) is 4.23. The summed E-state index contributed by atoms with van der Waals surface area (Å²) in [5.41, 5.74) is 0.500. The molecule has 0 N–H and O–H groups in total. The van der Waals surface area contributed by atoms with Crippen molar-refractivity contribution in [2.45, 2.75) is 6.92 Å². The fourth-order valence-electron chi connectivity index (χ4n) is 3.64. The highest BCUT2D eigenvalue weighted by Crippen LogP contribution is 2.38. The molecule has 0 bridgehead atoms. The summed E-state index contributed by atoms with van der Waals surface area (Å²) in [4.78, 5) is 55.4. The number of fused-ring (bicyclic) bond motifs is 2. The minimum Gasteiger partial charge on any atom is -0.424 e. The van der Waals surface area contributed by atoms with Gasteiger partial charge in [-0.2, -0.15) is 0 Å². The third-order valence-electron chi connectivity index (χ3n) is 5.08. The molecule has 33 heavy (non-hydrogen) atoms. The van der Waals surface area contributed by atoms with Crippen LogP contribution < -0.4 is 15.3 Å². The summed E-state index contributed by atoms with van der Waals surface area (Å²) >= 11 is 6.07. The fraction of sp³-hybridized carbons (Fsp3) is 0.0417. The molecule has 0 unspecified atom stereocenters. The molecule has 1 aliphatic heterocycles. The van der Waals surface area contributed by atoms with Crippen molar-refractivity contribution in [2.75, 3.05) is 4.90 Å². The van der Waals surface area contributed by atoms with Crippen LogP contribution in [0.25, 0.3) is 22.4 Å². The largest absolute Gasteiger partial charge is 0.424 e. The van der Waals surface area contributed by atoms with Gasteiger partial charge in [-0.3, -0.25) is 14.4 Å². The van der Waals surface area contributed by atoms with Crippen LogP contribution in [0.1, 0.15) is 27.6 Å². The van der Waals surface area contributed by atoms with E-state index in [4.69, 9.17) is 20.8 Å². The van der Waals surface area contributed by atoms with E-state index in [1.54, 1.807) is 30.3 Å². The van der Waals surface area contributed by atoms with Crippen molar-refractivity contribution in [3.8, 4) is 17.2 Å². The Morgan fingerprint density at radius 2 is 1.73 bits per heavy atom. The third-order valence-corrected chi connectivity index (χ3v) is 5.32. The number of amides is 2. The van der Waals surface area contributed by atoms with Gasteiger partial charge in [0, 0.05) is 17.5 Å². The first-order chi connectivity index (χ1) is 15.8. The topological polar surface area (TPSA) is 107 Å². The number of esters is 1. The van der Waals surface area contributed by atoms with Crippen LogP contribution in [-0.4, -0.2) is 22.8 Å². The monoisotopic (exact) mass is 460 g/mol. The molecule has 8 nitrogen and oxygen atoms in total. The predicted molar refractivity (Wildman–Crippen MR) is 120 cm³/mol. The molecule has 0 saturated heterocycles. The van der Waals surface area contributed by atoms with Crippen LogP contribution in [-0.2, 0) is 4.79 Å². The number of anilines is 1. The highest BCUT2D eigenvalue weighted by Gasteiger charge is 2.39. The van der Waals surface area contributed by atoms with E-state index in [2.05, 4.69) is 4.98 Å². The van der Waals surface area contributed by atoms with Crippen molar-refractivity contribution in [1.29, 1.82) is 0 Å². The zero-order chi connectivity index (χ0) is 23.3. The number of halogens is 1. The van der Waals surface area contributed by atoms with E-state index < -0.39 is 23.4 Å². The molecule has 0 atom stereocenters. The number of hydrogen-bond donors (Lipinski definition) is 0. The minimum atomic E-state index is -0.643. The second-order valence-corrected chi connectivity index (χ2v) is 7.67. The van der Waals surface area contributed by atoms with Gasteiger partial charge in [0.1, 0.15) is 0 Å². The second kappa shape index (κ2) is 7.68. The van der Waals surface area contributed by atoms with Crippen molar-refractivity contribution in [3.05, 3.63) is 87.2 Å². The number of para-hydroxylation sites is 1. The van der Waals surface area contributed by atoms with Gasteiger partial charge < -0.3 is 9.15 Å². The molecular weight excluding hydrogens is 448 g/mol. The molecule has 0 radical (unpaired) electrons. The molecular formula is C24H13ClN2O6. The molecule has 3 aromatic carbocycles. The number of imide groups is 1. The lowest BCUT2D eigenvalue weighted by molar-refractivity contribution is -0.131. The van der Waals surface area contributed by atoms with Gasteiger partial charge in [-0.1, -0.05) is 23.7 Å². The number of benzene rings is 3. The standard InChI is InChI=1S/C24H13ClN2O6/c1-12(28)32-20-9-7-14(25)11-19(20)27-22(29)15-8-6-13(10-17(15)23(27)30)21-26-18-5-3-2-4-16(18)24(31)33-21/h2-11H,1H3. The van der Waals surface area contributed by atoms with Crippen molar-refractivity contribution in [1.82, 2.24) is 4.98 Å². The highest BCUT2D eigenvalue weighted by atomic mass is 35.5. The summed E-state index contributed by atoms with van der Waals surface area (Å²) in [7, 11) is 0. The normalized spacial score (nSPS) is 12.8.